The number of benzene rings is 1. The molecule has 0 heterocycles. The average Bonchev–Trinajstić information content (AvgIpc) is 2.09. The summed E-state index contributed by atoms with van der Waals surface area (Å²) in [6.07, 6.45) is 0. The summed E-state index contributed by atoms with van der Waals surface area (Å²) in [4.78, 5) is 0. The van der Waals surface area contributed by atoms with Gasteiger partial charge in [0.1, 0.15) is 0 Å². The molecule has 2 heteroatoms. The van der Waals surface area contributed by atoms with E-state index in [1.54, 1.807) is 0 Å². The van der Waals surface area contributed by atoms with Gasteiger partial charge in [-0.2, -0.15) is 0 Å². The molecule has 1 atom stereocenters. The van der Waals surface area contributed by atoms with Crippen LogP contribution < -0.4 is 5.32 Å². The minimum Gasteiger partial charge on any atom is -0.382 e. The fourth-order valence-corrected chi connectivity index (χ4v) is 1.68. The van der Waals surface area contributed by atoms with Crippen LogP contribution in [0.25, 0.3) is 0 Å². The van der Waals surface area contributed by atoms with E-state index >= 15 is 0 Å². The maximum absolute atomic E-state index is 3.52. The number of hydrogen-bond acceptors (Lipinski definition) is 1. The first-order valence-corrected chi connectivity index (χ1v) is 5.82. The quantitative estimate of drug-likeness (QED) is 0.854. The first kappa shape index (κ1) is 11.6. The highest BCUT2D eigenvalue weighted by Gasteiger charge is 2.07. The molecule has 0 saturated heterocycles. The molecule has 0 aromatic heterocycles. The molecule has 0 aliphatic heterocycles. The fourth-order valence-electron chi connectivity index (χ4n) is 1.20. The van der Waals surface area contributed by atoms with Crippen LogP contribution in [-0.2, 0) is 0 Å². The predicted molar refractivity (Wildman–Crippen MR) is 66.8 cm³/mol. The van der Waals surface area contributed by atoms with Crippen LogP contribution in [0.4, 0.5) is 5.69 Å². The molecule has 0 aliphatic carbocycles. The van der Waals surface area contributed by atoms with Gasteiger partial charge >= 0.3 is 0 Å². The van der Waals surface area contributed by atoms with Crippen LogP contribution in [0, 0.1) is 12.8 Å². The Labute approximate surface area is 95.0 Å². The van der Waals surface area contributed by atoms with Crippen molar-refractivity contribution in [3.63, 3.8) is 0 Å². The smallest absolute Gasteiger partial charge is 0.0372 e. The van der Waals surface area contributed by atoms with Gasteiger partial charge in [0.15, 0.2) is 0 Å². The lowest BCUT2D eigenvalue weighted by Gasteiger charge is -2.20. The molecular formula is C12H18BrN. The van der Waals surface area contributed by atoms with E-state index in [-0.39, 0.29) is 0 Å². The van der Waals surface area contributed by atoms with Crippen LogP contribution in [0.1, 0.15) is 26.3 Å². The number of halogens is 1. The van der Waals surface area contributed by atoms with Crippen molar-refractivity contribution in [1.82, 2.24) is 0 Å². The number of anilines is 1. The highest BCUT2D eigenvalue weighted by atomic mass is 79.9. The van der Waals surface area contributed by atoms with Crippen LogP contribution in [0.3, 0.4) is 0 Å². The van der Waals surface area contributed by atoms with Gasteiger partial charge in [-0.25, -0.2) is 0 Å². The van der Waals surface area contributed by atoms with Gasteiger partial charge in [0.25, 0.3) is 0 Å². The van der Waals surface area contributed by atoms with Crippen molar-refractivity contribution in [3.05, 3.63) is 28.2 Å². The first-order chi connectivity index (χ1) is 6.50. The highest BCUT2D eigenvalue weighted by molar-refractivity contribution is 9.10. The standard InChI is InChI=1S/C12H18BrN/c1-8(2)10(4)14-12-6-5-11(13)7-9(12)3/h5-8,10,14H,1-4H3. The first-order valence-electron chi connectivity index (χ1n) is 5.03. The fraction of sp³-hybridized carbons (Fsp3) is 0.500. The van der Waals surface area contributed by atoms with Gasteiger partial charge in [-0.3, -0.25) is 0 Å². The van der Waals surface area contributed by atoms with Crippen molar-refractivity contribution in [2.75, 3.05) is 5.32 Å². The van der Waals surface area contributed by atoms with Gasteiger partial charge in [-0.15, -0.1) is 0 Å². The maximum atomic E-state index is 3.52. The van der Waals surface area contributed by atoms with E-state index in [0.29, 0.717) is 12.0 Å². The lowest BCUT2D eigenvalue weighted by Crippen LogP contribution is -2.21. The number of rotatable bonds is 3. The van der Waals surface area contributed by atoms with Crippen LogP contribution in [0.2, 0.25) is 0 Å². The van der Waals surface area contributed by atoms with E-state index in [0.717, 1.165) is 4.47 Å². The molecule has 1 rings (SSSR count). The van der Waals surface area contributed by atoms with Crippen molar-refractivity contribution in [2.45, 2.75) is 33.7 Å². The van der Waals surface area contributed by atoms with Gasteiger partial charge in [-0.1, -0.05) is 29.8 Å². The molecule has 0 amide bonds. The van der Waals surface area contributed by atoms with Crippen molar-refractivity contribution < 1.29 is 0 Å². The third kappa shape index (κ3) is 3.02. The van der Waals surface area contributed by atoms with Gasteiger partial charge in [0.2, 0.25) is 0 Å². The Bertz CT molecular complexity index is 307. The van der Waals surface area contributed by atoms with Crippen LogP contribution in [-0.4, -0.2) is 6.04 Å². The Hall–Kier alpha value is -0.500. The largest absolute Gasteiger partial charge is 0.382 e. The van der Waals surface area contributed by atoms with E-state index < -0.39 is 0 Å². The minimum absolute atomic E-state index is 0.509. The molecule has 78 valence electrons. The summed E-state index contributed by atoms with van der Waals surface area (Å²) in [6, 6.07) is 6.84. The Balaban J connectivity index is 2.77. The number of nitrogens with one attached hydrogen (secondary N) is 1. The summed E-state index contributed by atoms with van der Waals surface area (Å²) >= 11 is 3.46. The lowest BCUT2D eigenvalue weighted by atomic mass is 10.1. The summed E-state index contributed by atoms with van der Waals surface area (Å²) in [6.45, 7) is 8.80. The Morgan fingerprint density at radius 1 is 1.21 bits per heavy atom. The van der Waals surface area contributed by atoms with Crippen LogP contribution in [0.5, 0.6) is 0 Å². The summed E-state index contributed by atoms with van der Waals surface area (Å²) in [5.41, 5.74) is 2.52. The zero-order valence-corrected chi connectivity index (χ0v) is 10.9. The molecule has 0 bridgehead atoms. The lowest BCUT2D eigenvalue weighted by molar-refractivity contribution is 0.560. The van der Waals surface area contributed by atoms with Gasteiger partial charge in [0, 0.05) is 16.2 Å². The van der Waals surface area contributed by atoms with Gasteiger partial charge < -0.3 is 5.32 Å². The molecule has 0 aliphatic rings. The molecule has 1 nitrogen and oxygen atoms in total. The van der Waals surface area contributed by atoms with Crippen molar-refractivity contribution in [1.29, 1.82) is 0 Å². The molecule has 0 fully saturated rings. The van der Waals surface area contributed by atoms with E-state index in [4.69, 9.17) is 0 Å². The van der Waals surface area contributed by atoms with E-state index in [1.807, 2.05) is 0 Å². The Morgan fingerprint density at radius 2 is 1.86 bits per heavy atom. The minimum atomic E-state index is 0.509. The van der Waals surface area contributed by atoms with Crippen LogP contribution in [0.15, 0.2) is 22.7 Å². The molecule has 14 heavy (non-hydrogen) atoms. The molecule has 0 spiro atoms. The molecule has 0 saturated carbocycles. The summed E-state index contributed by atoms with van der Waals surface area (Å²) in [7, 11) is 0. The monoisotopic (exact) mass is 255 g/mol. The van der Waals surface area contributed by atoms with Gasteiger partial charge in [0.05, 0.1) is 0 Å². The zero-order valence-electron chi connectivity index (χ0n) is 9.26. The molecule has 1 aromatic rings. The number of hydrogen-bond donors (Lipinski definition) is 1. The van der Waals surface area contributed by atoms with Crippen molar-refractivity contribution >= 4 is 21.6 Å². The third-order valence-electron chi connectivity index (χ3n) is 2.57. The van der Waals surface area contributed by atoms with E-state index in [2.05, 4.69) is 67.1 Å². The van der Waals surface area contributed by atoms with E-state index in [9.17, 15) is 0 Å². The SMILES string of the molecule is Cc1cc(Br)ccc1NC(C)C(C)C. The zero-order chi connectivity index (χ0) is 10.7. The molecule has 1 unspecified atom stereocenters. The average molecular weight is 256 g/mol. The Kier molecular flexibility index (Phi) is 3.99. The topological polar surface area (TPSA) is 12.0 Å². The predicted octanol–water partition coefficient (Wildman–Crippen LogP) is 4.21. The van der Waals surface area contributed by atoms with Crippen molar-refractivity contribution in [2.24, 2.45) is 5.92 Å². The van der Waals surface area contributed by atoms with Gasteiger partial charge in [-0.05, 0) is 43.5 Å². The molecule has 1 N–H and O–H groups in total. The summed E-state index contributed by atoms with van der Waals surface area (Å²) in [5.74, 6) is 0.651. The molecule has 0 radical (unpaired) electrons. The van der Waals surface area contributed by atoms with Crippen molar-refractivity contribution in [3.8, 4) is 0 Å². The number of aryl methyl sites for hydroxylation is 1. The molecular weight excluding hydrogens is 238 g/mol. The second-order valence-electron chi connectivity index (χ2n) is 4.14. The maximum Gasteiger partial charge on any atom is 0.0372 e. The third-order valence-corrected chi connectivity index (χ3v) is 3.06. The summed E-state index contributed by atoms with van der Waals surface area (Å²) < 4.78 is 1.14. The second kappa shape index (κ2) is 4.83. The second-order valence-corrected chi connectivity index (χ2v) is 5.05. The van der Waals surface area contributed by atoms with E-state index in [1.165, 1.54) is 11.3 Å². The highest BCUT2D eigenvalue weighted by Crippen LogP contribution is 2.21. The van der Waals surface area contributed by atoms with Crippen LogP contribution >= 0.6 is 15.9 Å². The summed E-state index contributed by atoms with van der Waals surface area (Å²) in [5, 5.41) is 3.52. The molecule has 1 aromatic carbocycles. The Morgan fingerprint density at radius 3 is 2.36 bits per heavy atom. The normalized spacial score (nSPS) is 13.0.